The fraction of sp³-hybridized carbons (Fsp3) is 0.769. The molecule has 0 aromatic carbocycles. The van der Waals surface area contributed by atoms with E-state index in [2.05, 4.69) is 40.4 Å². The first kappa shape index (κ1) is 17.3. The predicted molar refractivity (Wildman–Crippen MR) is 76.7 cm³/mol. The van der Waals surface area contributed by atoms with Gasteiger partial charge in [0.05, 0.1) is 19.6 Å². The Labute approximate surface area is 112 Å². The zero-order chi connectivity index (χ0) is 14.6. The number of hydrogen-bond donors (Lipinski definition) is 0. The molecule has 0 radical (unpaired) electrons. The van der Waals surface area contributed by atoms with Crippen molar-refractivity contribution in [2.45, 2.75) is 51.4 Å². The van der Waals surface area contributed by atoms with Gasteiger partial charge >= 0.3 is 0 Å². The van der Waals surface area contributed by atoms with Gasteiger partial charge in [-0.2, -0.15) is 0 Å². The number of hydrogen-bond acceptors (Lipinski definition) is 3. The average Bonchev–Trinajstić information content (AvgIpc) is 2.24. The van der Waals surface area contributed by atoms with Crippen LogP contribution in [0.4, 0.5) is 0 Å². The lowest BCUT2D eigenvalue weighted by Gasteiger charge is -2.38. The maximum Gasteiger partial charge on any atom is 0.248 e. The van der Waals surface area contributed by atoms with E-state index in [-0.39, 0.29) is 23.5 Å². The molecule has 0 spiro atoms. The molecule has 0 rings (SSSR count). The predicted octanol–water partition coefficient (Wildman–Crippen LogP) is 2.97. The monoisotopic (exact) mass is 273 g/mol. The van der Waals surface area contributed by atoms with Crippen molar-refractivity contribution in [1.29, 1.82) is 0 Å². The summed E-state index contributed by atoms with van der Waals surface area (Å²) >= 11 is 0. The van der Waals surface area contributed by atoms with Crippen molar-refractivity contribution in [3.05, 3.63) is 12.7 Å². The van der Waals surface area contributed by atoms with E-state index in [0.717, 1.165) is 0 Å². The second-order valence-corrected chi connectivity index (χ2v) is 10.7. The molecule has 0 N–H and O–H groups in total. The zero-order valence-electron chi connectivity index (χ0n) is 12.7. The highest BCUT2D eigenvalue weighted by molar-refractivity contribution is 6.74. The molecule has 4 nitrogen and oxygen atoms in total. The molecule has 5 heteroatoms. The highest BCUT2D eigenvalue weighted by atomic mass is 28.4. The maximum atomic E-state index is 11.8. The molecule has 106 valence electrons. The van der Waals surface area contributed by atoms with Gasteiger partial charge in [-0.25, -0.2) is 5.06 Å². The topological polar surface area (TPSA) is 38.8 Å². The largest absolute Gasteiger partial charge is 0.410 e. The molecule has 0 heterocycles. The van der Waals surface area contributed by atoms with Gasteiger partial charge in [0.25, 0.3) is 0 Å². The number of amides is 1. The van der Waals surface area contributed by atoms with Crippen LogP contribution in [-0.2, 0) is 14.1 Å². The zero-order valence-corrected chi connectivity index (χ0v) is 13.7. The fourth-order valence-corrected chi connectivity index (χ4v) is 2.42. The second kappa shape index (κ2) is 6.50. The van der Waals surface area contributed by atoms with Crippen molar-refractivity contribution >= 4 is 14.2 Å². The standard InChI is InChI=1S/C13H27NO3Si/c1-9-11(10-12(15)14(5)16-6)17-18(7,8)13(2,3)4/h9,11H,1,10H2,2-8H3. The van der Waals surface area contributed by atoms with Gasteiger partial charge in [-0.3, -0.25) is 9.63 Å². The lowest BCUT2D eigenvalue weighted by atomic mass is 10.2. The number of carbonyl (C=O) groups is 1. The molecule has 18 heavy (non-hydrogen) atoms. The first-order chi connectivity index (χ1) is 8.05. The van der Waals surface area contributed by atoms with Crippen molar-refractivity contribution in [3.8, 4) is 0 Å². The van der Waals surface area contributed by atoms with Gasteiger partial charge in [-0.15, -0.1) is 6.58 Å². The van der Waals surface area contributed by atoms with Crippen molar-refractivity contribution in [2.75, 3.05) is 14.2 Å². The van der Waals surface area contributed by atoms with Gasteiger partial charge in [0.1, 0.15) is 0 Å². The molecule has 0 aromatic heterocycles. The molecule has 1 unspecified atom stereocenters. The van der Waals surface area contributed by atoms with Crippen LogP contribution in [-0.4, -0.2) is 39.5 Å². The quantitative estimate of drug-likeness (QED) is 0.424. The summed E-state index contributed by atoms with van der Waals surface area (Å²) in [5.41, 5.74) is 0. The molecule has 0 fully saturated rings. The van der Waals surface area contributed by atoms with E-state index in [9.17, 15) is 4.79 Å². The highest BCUT2D eigenvalue weighted by Gasteiger charge is 2.39. The van der Waals surface area contributed by atoms with E-state index in [1.807, 2.05) is 0 Å². The Morgan fingerprint density at radius 3 is 2.28 bits per heavy atom. The van der Waals surface area contributed by atoms with Crippen LogP contribution in [0, 0.1) is 0 Å². The SMILES string of the molecule is C=CC(CC(=O)N(C)OC)O[Si](C)(C)C(C)(C)C. The van der Waals surface area contributed by atoms with Crippen LogP contribution >= 0.6 is 0 Å². The van der Waals surface area contributed by atoms with Crippen LogP contribution in [0.25, 0.3) is 0 Å². The Kier molecular flexibility index (Phi) is 6.26. The summed E-state index contributed by atoms with van der Waals surface area (Å²) in [6.07, 6.45) is 1.71. The summed E-state index contributed by atoms with van der Waals surface area (Å²) in [6, 6.07) is 0. The van der Waals surface area contributed by atoms with Crippen molar-refractivity contribution in [3.63, 3.8) is 0 Å². The number of nitrogens with zero attached hydrogens (tertiary/aromatic N) is 1. The highest BCUT2D eigenvalue weighted by Crippen LogP contribution is 2.37. The van der Waals surface area contributed by atoms with Crippen molar-refractivity contribution < 1.29 is 14.1 Å². The Morgan fingerprint density at radius 2 is 1.94 bits per heavy atom. The molecule has 1 atom stereocenters. The van der Waals surface area contributed by atoms with E-state index in [4.69, 9.17) is 9.26 Å². The van der Waals surface area contributed by atoms with Crippen LogP contribution < -0.4 is 0 Å². The fourth-order valence-electron chi connectivity index (χ4n) is 1.13. The van der Waals surface area contributed by atoms with Crippen LogP contribution in [0.3, 0.4) is 0 Å². The van der Waals surface area contributed by atoms with Gasteiger partial charge in [0, 0.05) is 7.05 Å². The van der Waals surface area contributed by atoms with Crippen LogP contribution in [0.5, 0.6) is 0 Å². The minimum Gasteiger partial charge on any atom is -0.410 e. The third-order valence-corrected chi connectivity index (χ3v) is 8.02. The molecule has 0 saturated heterocycles. The third kappa shape index (κ3) is 4.92. The Morgan fingerprint density at radius 1 is 1.44 bits per heavy atom. The number of carbonyl (C=O) groups excluding carboxylic acids is 1. The average molecular weight is 273 g/mol. The molecule has 1 amide bonds. The summed E-state index contributed by atoms with van der Waals surface area (Å²) in [6.45, 7) is 14.6. The smallest absolute Gasteiger partial charge is 0.248 e. The first-order valence-electron chi connectivity index (χ1n) is 6.16. The maximum absolute atomic E-state index is 11.8. The van der Waals surface area contributed by atoms with Crippen molar-refractivity contribution in [2.24, 2.45) is 0 Å². The van der Waals surface area contributed by atoms with Crippen LogP contribution in [0.1, 0.15) is 27.2 Å². The van der Waals surface area contributed by atoms with E-state index < -0.39 is 8.32 Å². The van der Waals surface area contributed by atoms with Gasteiger partial charge in [0.15, 0.2) is 8.32 Å². The van der Waals surface area contributed by atoms with E-state index in [1.165, 1.54) is 12.2 Å². The third-order valence-electron chi connectivity index (χ3n) is 3.52. The van der Waals surface area contributed by atoms with Gasteiger partial charge in [0.2, 0.25) is 5.91 Å². The summed E-state index contributed by atoms with van der Waals surface area (Å²) < 4.78 is 6.13. The summed E-state index contributed by atoms with van der Waals surface area (Å²) in [7, 11) is 1.18. The number of rotatable bonds is 6. The molecule has 0 aliphatic carbocycles. The lowest BCUT2D eigenvalue weighted by Crippen LogP contribution is -2.44. The minimum atomic E-state index is -1.88. The van der Waals surface area contributed by atoms with Crippen LogP contribution in [0.2, 0.25) is 18.1 Å². The summed E-state index contributed by atoms with van der Waals surface area (Å²) in [5.74, 6) is -0.110. The first-order valence-corrected chi connectivity index (χ1v) is 9.07. The molecular formula is C13H27NO3Si. The molecule has 0 aromatic rings. The molecule has 0 aliphatic heterocycles. The molecule has 0 bridgehead atoms. The van der Waals surface area contributed by atoms with E-state index in [1.54, 1.807) is 13.1 Å². The van der Waals surface area contributed by atoms with Gasteiger partial charge in [-0.1, -0.05) is 26.8 Å². The minimum absolute atomic E-state index is 0.110. The van der Waals surface area contributed by atoms with Gasteiger partial charge in [-0.05, 0) is 18.1 Å². The Bertz CT molecular complexity index is 297. The van der Waals surface area contributed by atoms with E-state index in [0.29, 0.717) is 0 Å². The summed E-state index contributed by atoms with van der Waals surface area (Å²) in [5, 5.41) is 1.33. The molecule has 0 saturated carbocycles. The van der Waals surface area contributed by atoms with Crippen molar-refractivity contribution in [1.82, 2.24) is 5.06 Å². The summed E-state index contributed by atoms with van der Waals surface area (Å²) in [4.78, 5) is 16.6. The van der Waals surface area contributed by atoms with Gasteiger partial charge < -0.3 is 4.43 Å². The van der Waals surface area contributed by atoms with Crippen LogP contribution in [0.15, 0.2) is 12.7 Å². The number of hydroxylamine groups is 2. The molecule has 0 aliphatic rings. The lowest BCUT2D eigenvalue weighted by molar-refractivity contribution is -0.169. The molecular weight excluding hydrogens is 246 g/mol. The Hall–Kier alpha value is -0.653. The van der Waals surface area contributed by atoms with E-state index >= 15 is 0 Å². The second-order valence-electron chi connectivity index (χ2n) is 5.93. The normalized spacial score (nSPS) is 14.2. The Balaban J connectivity index is 4.64.